The summed E-state index contributed by atoms with van der Waals surface area (Å²) in [7, 11) is 1.56. The monoisotopic (exact) mass is 323 g/mol. The molecule has 1 saturated heterocycles. The van der Waals surface area contributed by atoms with Gasteiger partial charge in [0.1, 0.15) is 17.0 Å². The first kappa shape index (κ1) is 17.3. The van der Waals surface area contributed by atoms with Gasteiger partial charge in [-0.05, 0) is 20.8 Å². The van der Waals surface area contributed by atoms with Gasteiger partial charge in [0.05, 0.1) is 25.6 Å². The number of methoxy groups -OCH3 is 1. The van der Waals surface area contributed by atoms with Crippen LogP contribution in [0.25, 0.3) is 0 Å². The minimum absolute atomic E-state index is 0.157. The zero-order valence-corrected chi connectivity index (χ0v) is 14.2. The summed E-state index contributed by atoms with van der Waals surface area (Å²) < 4.78 is 10.6. The number of aliphatic hydroxyl groups excluding tert-OH is 1. The molecule has 0 spiro atoms. The minimum Gasteiger partial charge on any atom is -0.495 e. The Morgan fingerprint density at radius 1 is 1.30 bits per heavy atom. The largest absolute Gasteiger partial charge is 0.495 e. The standard InChI is InChI=1S/C16H25N3O4/c1-16(2,3)23-15(21)19-7-5-18(6-8-19)12-9-14(22-4)13(11-20)17-10-12/h9-10,20H,5-8,11H2,1-4H3. The third-order valence-electron chi connectivity index (χ3n) is 3.58. The fraction of sp³-hybridized carbons (Fsp3) is 0.625. The predicted molar refractivity (Wildman–Crippen MR) is 86.7 cm³/mol. The highest BCUT2D eigenvalue weighted by molar-refractivity contribution is 5.68. The van der Waals surface area contributed by atoms with Crippen molar-refractivity contribution in [3.8, 4) is 5.75 Å². The Labute approximate surface area is 136 Å². The van der Waals surface area contributed by atoms with Crippen molar-refractivity contribution in [3.05, 3.63) is 18.0 Å². The van der Waals surface area contributed by atoms with Crippen molar-refractivity contribution in [2.24, 2.45) is 0 Å². The first-order valence-corrected chi connectivity index (χ1v) is 7.70. The van der Waals surface area contributed by atoms with Gasteiger partial charge in [-0.1, -0.05) is 0 Å². The van der Waals surface area contributed by atoms with Crippen molar-refractivity contribution in [2.45, 2.75) is 33.0 Å². The van der Waals surface area contributed by atoms with Crippen LogP contribution in [-0.4, -0.2) is 60.0 Å². The molecule has 128 valence electrons. The molecule has 7 nitrogen and oxygen atoms in total. The molecule has 0 aliphatic carbocycles. The van der Waals surface area contributed by atoms with E-state index in [2.05, 4.69) is 9.88 Å². The average molecular weight is 323 g/mol. The normalized spacial score (nSPS) is 15.5. The van der Waals surface area contributed by atoms with E-state index in [9.17, 15) is 9.90 Å². The van der Waals surface area contributed by atoms with Gasteiger partial charge in [0, 0.05) is 32.2 Å². The lowest BCUT2D eigenvalue weighted by molar-refractivity contribution is 0.0240. The number of nitrogens with zero attached hydrogens (tertiary/aromatic N) is 3. The minimum atomic E-state index is -0.481. The molecule has 1 amide bonds. The van der Waals surface area contributed by atoms with E-state index in [4.69, 9.17) is 9.47 Å². The van der Waals surface area contributed by atoms with Crippen LogP contribution in [-0.2, 0) is 11.3 Å². The lowest BCUT2D eigenvalue weighted by atomic mass is 10.2. The van der Waals surface area contributed by atoms with E-state index in [-0.39, 0.29) is 12.7 Å². The second-order valence-corrected chi connectivity index (χ2v) is 6.46. The van der Waals surface area contributed by atoms with Gasteiger partial charge in [-0.2, -0.15) is 0 Å². The third kappa shape index (κ3) is 4.48. The van der Waals surface area contributed by atoms with Crippen LogP contribution in [0.15, 0.2) is 12.3 Å². The fourth-order valence-electron chi connectivity index (χ4n) is 2.40. The van der Waals surface area contributed by atoms with E-state index in [1.54, 1.807) is 18.2 Å². The molecule has 23 heavy (non-hydrogen) atoms. The second kappa shape index (κ2) is 7.04. The highest BCUT2D eigenvalue weighted by atomic mass is 16.6. The Morgan fingerprint density at radius 3 is 2.48 bits per heavy atom. The molecule has 0 radical (unpaired) electrons. The van der Waals surface area contributed by atoms with Crippen LogP contribution >= 0.6 is 0 Å². The topological polar surface area (TPSA) is 75.1 Å². The number of aromatic nitrogens is 1. The first-order valence-electron chi connectivity index (χ1n) is 7.70. The van der Waals surface area contributed by atoms with E-state index in [0.29, 0.717) is 37.6 Å². The molecule has 0 aromatic carbocycles. The number of piperazine rings is 1. The van der Waals surface area contributed by atoms with Gasteiger partial charge in [0.15, 0.2) is 0 Å². The maximum absolute atomic E-state index is 12.1. The summed E-state index contributed by atoms with van der Waals surface area (Å²) in [6.45, 7) is 8.02. The van der Waals surface area contributed by atoms with Crippen LogP contribution in [0.2, 0.25) is 0 Å². The van der Waals surface area contributed by atoms with Crippen molar-refractivity contribution in [1.29, 1.82) is 0 Å². The van der Waals surface area contributed by atoms with Gasteiger partial charge < -0.3 is 24.4 Å². The van der Waals surface area contributed by atoms with Crippen molar-refractivity contribution < 1.29 is 19.4 Å². The third-order valence-corrected chi connectivity index (χ3v) is 3.58. The average Bonchev–Trinajstić information content (AvgIpc) is 2.52. The molecule has 1 aliphatic rings. The first-order chi connectivity index (χ1) is 10.8. The Balaban J connectivity index is 1.98. The summed E-state index contributed by atoms with van der Waals surface area (Å²) in [4.78, 5) is 20.1. The van der Waals surface area contributed by atoms with E-state index < -0.39 is 5.60 Å². The number of ether oxygens (including phenoxy) is 2. The molecule has 1 aromatic heterocycles. The highest BCUT2D eigenvalue weighted by Gasteiger charge is 2.26. The SMILES string of the molecule is COc1cc(N2CCN(C(=O)OC(C)(C)C)CC2)cnc1CO. The van der Waals surface area contributed by atoms with Gasteiger partial charge in [0.25, 0.3) is 0 Å². The molecule has 0 atom stereocenters. The molecule has 2 rings (SSSR count). The Morgan fingerprint density at radius 2 is 1.96 bits per heavy atom. The number of amides is 1. The summed E-state index contributed by atoms with van der Waals surface area (Å²) in [5, 5.41) is 9.23. The summed E-state index contributed by atoms with van der Waals surface area (Å²) in [6.07, 6.45) is 1.44. The van der Waals surface area contributed by atoms with Crippen LogP contribution in [0.3, 0.4) is 0 Å². The van der Waals surface area contributed by atoms with Crippen molar-refractivity contribution in [1.82, 2.24) is 9.88 Å². The van der Waals surface area contributed by atoms with Crippen molar-refractivity contribution in [2.75, 3.05) is 38.2 Å². The molecule has 1 N–H and O–H groups in total. The zero-order valence-electron chi connectivity index (χ0n) is 14.2. The van der Waals surface area contributed by atoms with E-state index in [0.717, 1.165) is 5.69 Å². The molecule has 7 heteroatoms. The highest BCUT2D eigenvalue weighted by Crippen LogP contribution is 2.24. The molecule has 0 unspecified atom stereocenters. The summed E-state index contributed by atoms with van der Waals surface area (Å²) in [5.74, 6) is 0.569. The number of pyridine rings is 1. The maximum Gasteiger partial charge on any atom is 0.410 e. The second-order valence-electron chi connectivity index (χ2n) is 6.46. The lowest BCUT2D eigenvalue weighted by Gasteiger charge is -2.36. The van der Waals surface area contributed by atoms with Crippen LogP contribution in [0.5, 0.6) is 5.75 Å². The lowest BCUT2D eigenvalue weighted by Crippen LogP contribution is -2.50. The van der Waals surface area contributed by atoms with Gasteiger partial charge >= 0.3 is 6.09 Å². The number of rotatable bonds is 3. The summed E-state index contributed by atoms with van der Waals surface area (Å²) in [5.41, 5.74) is 0.956. The molecule has 1 aliphatic heterocycles. The number of carbonyl (C=O) groups excluding carboxylic acids is 1. The molecule has 0 bridgehead atoms. The van der Waals surface area contributed by atoms with Crippen LogP contribution < -0.4 is 9.64 Å². The Kier molecular flexibility index (Phi) is 5.30. The van der Waals surface area contributed by atoms with Crippen LogP contribution in [0.1, 0.15) is 26.5 Å². The van der Waals surface area contributed by atoms with Gasteiger partial charge in [-0.15, -0.1) is 0 Å². The number of anilines is 1. The predicted octanol–water partition coefficient (Wildman–Crippen LogP) is 1.64. The van der Waals surface area contributed by atoms with Crippen molar-refractivity contribution >= 4 is 11.8 Å². The molecule has 1 aromatic rings. The van der Waals surface area contributed by atoms with E-state index in [1.165, 1.54) is 0 Å². The van der Waals surface area contributed by atoms with Gasteiger partial charge in [-0.25, -0.2) is 4.79 Å². The van der Waals surface area contributed by atoms with E-state index >= 15 is 0 Å². The van der Waals surface area contributed by atoms with Crippen LogP contribution in [0.4, 0.5) is 10.5 Å². The molecular weight excluding hydrogens is 298 g/mol. The maximum atomic E-state index is 12.1. The quantitative estimate of drug-likeness (QED) is 0.911. The summed E-state index contributed by atoms with van der Waals surface area (Å²) in [6, 6.07) is 1.86. The molecule has 2 heterocycles. The van der Waals surface area contributed by atoms with Gasteiger partial charge in [0.2, 0.25) is 0 Å². The summed E-state index contributed by atoms with van der Waals surface area (Å²) >= 11 is 0. The number of hydrogen-bond donors (Lipinski definition) is 1. The number of hydrogen-bond acceptors (Lipinski definition) is 6. The molecule has 1 fully saturated rings. The smallest absolute Gasteiger partial charge is 0.410 e. The van der Waals surface area contributed by atoms with Crippen molar-refractivity contribution in [3.63, 3.8) is 0 Å². The molecule has 0 saturated carbocycles. The zero-order chi connectivity index (χ0) is 17.0. The Hall–Kier alpha value is -2.02. The van der Waals surface area contributed by atoms with Crippen LogP contribution in [0, 0.1) is 0 Å². The Bertz CT molecular complexity index is 549. The number of carbonyl (C=O) groups is 1. The number of aliphatic hydroxyl groups is 1. The van der Waals surface area contributed by atoms with E-state index in [1.807, 2.05) is 26.8 Å². The van der Waals surface area contributed by atoms with Gasteiger partial charge in [-0.3, -0.25) is 4.98 Å². The fourth-order valence-corrected chi connectivity index (χ4v) is 2.40. The molecular formula is C16H25N3O4.